The van der Waals surface area contributed by atoms with Crippen molar-refractivity contribution >= 4 is 46.6 Å². The van der Waals surface area contributed by atoms with Gasteiger partial charge in [0.1, 0.15) is 17.9 Å². The molecule has 1 saturated heterocycles. The largest absolute Gasteiger partial charge is 0.471 e. The summed E-state index contributed by atoms with van der Waals surface area (Å²) in [6.45, 7) is 2.53. The number of likely N-dealkylation sites (N-methyl/N-ethyl adjacent to an activating group) is 1. The Hall–Kier alpha value is -5.67. The number of hydrogen-bond acceptors (Lipinski definition) is 11. The van der Waals surface area contributed by atoms with Gasteiger partial charge in [0.25, 0.3) is 6.47 Å². The first kappa shape index (κ1) is 45.4. The van der Waals surface area contributed by atoms with E-state index in [1.807, 2.05) is 12.4 Å². The van der Waals surface area contributed by atoms with Crippen molar-refractivity contribution in [1.82, 2.24) is 45.8 Å². The molecule has 15 nitrogen and oxygen atoms in total. The first-order chi connectivity index (χ1) is 29.3. The molecule has 0 radical (unpaired) electrons. The van der Waals surface area contributed by atoms with Crippen LogP contribution in [0.4, 0.5) is 4.79 Å². The summed E-state index contributed by atoms with van der Waals surface area (Å²) < 4.78 is 8.25. The van der Waals surface area contributed by atoms with Crippen LogP contribution in [0.25, 0.3) is 44.3 Å². The molecule has 0 spiro atoms. The molecular weight excluding hydrogens is 763 g/mol. The SMILES string of the molecule is C1CCC1.CNCC(=O)NCCCCc1ncc(-c2ccc3cc(-c4ccc5nc(C6CCCN6C)[nH]c5c4)ncc3c2)[nH]1.COC(=O)NC(C=O)C1CCC1.COC=O. The number of amides is 2. The number of benzene rings is 2. The number of ether oxygens (including phenoxy) is 2. The van der Waals surface area contributed by atoms with E-state index in [0.717, 1.165) is 114 Å². The molecule has 3 fully saturated rings. The molecule has 2 amide bonds. The van der Waals surface area contributed by atoms with Crippen molar-refractivity contribution in [2.24, 2.45) is 5.92 Å². The molecule has 2 aliphatic carbocycles. The van der Waals surface area contributed by atoms with Crippen LogP contribution in [-0.2, 0) is 30.3 Å². The number of H-pyrrole nitrogens is 2. The van der Waals surface area contributed by atoms with Gasteiger partial charge in [0.15, 0.2) is 0 Å². The van der Waals surface area contributed by atoms with E-state index in [1.165, 1.54) is 46.3 Å². The number of aromatic amines is 2. The number of aldehydes is 1. The van der Waals surface area contributed by atoms with E-state index in [9.17, 15) is 14.4 Å². The fourth-order valence-electron chi connectivity index (χ4n) is 7.08. The summed E-state index contributed by atoms with van der Waals surface area (Å²) in [4.78, 5) is 65.3. The third-order valence-electron chi connectivity index (χ3n) is 11.2. The third-order valence-corrected chi connectivity index (χ3v) is 11.2. The lowest BCUT2D eigenvalue weighted by Gasteiger charge is -2.30. The lowest BCUT2D eigenvalue weighted by atomic mass is 9.80. The van der Waals surface area contributed by atoms with Gasteiger partial charge in [-0.3, -0.25) is 19.5 Å². The number of carbonyl (C=O) groups is 4. The standard InChI is InChI=1S/C31H36N8O.C8H13NO3.C4H8.C2H4O2/c1-32-19-30(40)33-12-4-3-7-29-35-18-27(36-29)21-9-8-20-15-25(34-17-23(20)14-21)22-10-11-24-26(16-22)38-31(37-24)28-6-5-13-39(28)2;1-12-8(11)9-7(5-10)6-3-2-4-6;1-2-4-3-1;1-4-2-3/h8-11,14-18,28,32H,3-7,12-13,19H2,1-2H3,(H,33,40)(H,35,36)(H,37,38);5-7H,2-4H2,1H3,(H,9,11);1-4H2;2H,1H3. The van der Waals surface area contributed by atoms with Gasteiger partial charge in [-0.05, 0) is 94.7 Å². The van der Waals surface area contributed by atoms with Crippen molar-refractivity contribution in [3.05, 3.63) is 66.5 Å². The van der Waals surface area contributed by atoms with E-state index >= 15 is 0 Å². The second kappa shape index (κ2) is 23.8. The number of aromatic nitrogens is 5. The minimum absolute atomic E-state index is 0.0286. The quantitative estimate of drug-likeness (QED) is 0.0594. The van der Waals surface area contributed by atoms with E-state index in [0.29, 0.717) is 31.5 Å². The van der Waals surface area contributed by atoms with Crippen LogP contribution in [0, 0.1) is 5.92 Å². The molecule has 3 aromatic heterocycles. The van der Waals surface area contributed by atoms with E-state index in [-0.39, 0.29) is 11.9 Å². The maximum Gasteiger partial charge on any atom is 0.407 e. The number of fused-ring (bicyclic) bond motifs is 2. The number of carbonyl (C=O) groups excluding carboxylic acids is 4. The van der Waals surface area contributed by atoms with Crippen molar-refractivity contribution in [1.29, 1.82) is 0 Å². The van der Waals surface area contributed by atoms with Gasteiger partial charge in [0, 0.05) is 35.7 Å². The molecule has 3 aliphatic rings. The van der Waals surface area contributed by atoms with Gasteiger partial charge in [-0.1, -0.05) is 50.3 Å². The van der Waals surface area contributed by atoms with Crippen LogP contribution in [0.3, 0.4) is 0 Å². The number of nitrogens with zero attached hydrogens (tertiary/aromatic N) is 4. The van der Waals surface area contributed by atoms with Gasteiger partial charge in [0.05, 0.1) is 61.5 Å². The summed E-state index contributed by atoms with van der Waals surface area (Å²) in [5.74, 6) is 2.37. The zero-order chi connectivity index (χ0) is 42.7. The van der Waals surface area contributed by atoms with Crippen LogP contribution < -0.4 is 16.0 Å². The molecule has 2 unspecified atom stereocenters. The van der Waals surface area contributed by atoms with Crippen LogP contribution in [0.2, 0.25) is 0 Å². The molecule has 5 N–H and O–H groups in total. The Kier molecular flexibility index (Phi) is 18.0. The molecule has 1 aliphatic heterocycles. The van der Waals surface area contributed by atoms with Gasteiger partial charge in [-0.2, -0.15) is 0 Å². The van der Waals surface area contributed by atoms with E-state index in [4.69, 9.17) is 14.8 Å². The highest BCUT2D eigenvalue weighted by molar-refractivity contribution is 5.90. The predicted molar refractivity (Wildman–Crippen MR) is 233 cm³/mol. The Bertz CT molecular complexity index is 2120. The lowest BCUT2D eigenvalue weighted by molar-refractivity contribution is -0.126. The number of alkyl carbamates (subject to hydrolysis) is 1. The van der Waals surface area contributed by atoms with Gasteiger partial charge < -0.3 is 40.2 Å². The van der Waals surface area contributed by atoms with Crippen molar-refractivity contribution in [3.8, 4) is 22.5 Å². The molecule has 2 saturated carbocycles. The molecule has 2 aromatic carbocycles. The zero-order valence-corrected chi connectivity index (χ0v) is 35.4. The number of pyridine rings is 1. The van der Waals surface area contributed by atoms with E-state index in [2.05, 4.69) is 94.8 Å². The zero-order valence-electron chi connectivity index (χ0n) is 35.4. The highest BCUT2D eigenvalue weighted by Crippen LogP contribution is 2.32. The van der Waals surface area contributed by atoms with Crippen molar-refractivity contribution < 1.29 is 28.7 Å². The fraction of sp³-hybridized carbons (Fsp3) is 0.489. The smallest absolute Gasteiger partial charge is 0.407 e. The predicted octanol–water partition coefficient (Wildman–Crippen LogP) is 6.65. The van der Waals surface area contributed by atoms with Gasteiger partial charge in [0.2, 0.25) is 5.91 Å². The average molecular weight is 824 g/mol. The number of imidazole rings is 2. The summed E-state index contributed by atoms with van der Waals surface area (Å²) in [5, 5.41) is 10.5. The number of hydrogen-bond donors (Lipinski definition) is 5. The topological polar surface area (TPSA) is 196 Å². The molecule has 5 aromatic rings. The number of likely N-dealkylation sites (tertiary alicyclic amines) is 1. The third kappa shape index (κ3) is 13.2. The molecule has 322 valence electrons. The normalized spacial score (nSPS) is 16.3. The molecule has 15 heteroatoms. The Morgan fingerprint density at radius 2 is 1.67 bits per heavy atom. The second-order valence-electron chi connectivity index (χ2n) is 15.4. The average Bonchev–Trinajstić information content (AvgIpc) is 3.99. The Morgan fingerprint density at radius 3 is 2.30 bits per heavy atom. The molecule has 2 atom stereocenters. The molecule has 60 heavy (non-hydrogen) atoms. The minimum atomic E-state index is -0.529. The maximum absolute atomic E-state index is 11.5. The summed E-state index contributed by atoms with van der Waals surface area (Å²) >= 11 is 0. The molecule has 8 rings (SSSR count). The Morgan fingerprint density at radius 1 is 0.900 bits per heavy atom. The summed E-state index contributed by atoms with van der Waals surface area (Å²) in [5.41, 5.74) is 6.16. The Balaban J connectivity index is 0.000000280. The first-order valence-electron chi connectivity index (χ1n) is 21.1. The fourth-order valence-corrected chi connectivity index (χ4v) is 7.08. The van der Waals surface area contributed by atoms with E-state index in [1.54, 1.807) is 7.05 Å². The van der Waals surface area contributed by atoms with Crippen molar-refractivity contribution in [2.45, 2.75) is 89.1 Å². The lowest BCUT2D eigenvalue weighted by Crippen LogP contribution is -2.43. The van der Waals surface area contributed by atoms with Gasteiger partial charge in [-0.15, -0.1) is 0 Å². The first-order valence-corrected chi connectivity index (χ1v) is 21.1. The van der Waals surface area contributed by atoms with Crippen LogP contribution in [-0.4, -0.2) is 109 Å². The monoisotopic (exact) mass is 823 g/mol. The van der Waals surface area contributed by atoms with Crippen LogP contribution in [0.15, 0.2) is 54.9 Å². The number of aryl methyl sites for hydroxylation is 1. The summed E-state index contributed by atoms with van der Waals surface area (Å²) in [6, 6.07) is 14.9. The number of rotatable bonds is 14. The molecule has 4 heterocycles. The number of methoxy groups -OCH3 is 2. The van der Waals surface area contributed by atoms with Gasteiger partial charge >= 0.3 is 6.09 Å². The van der Waals surface area contributed by atoms with Crippen molar-refractivity contribution in [3.63, 3.8) is 0 Å². The highest BCUT2D eigenvalue weighted by atomic mass is 16.5. The second-order valence-corrected chi connectivity index (χ2v) is 15.4. The number of nitrogens with one attached hydrogen (secondary N) is 5. The van der Waals surface area contributed by atoms with Crippen LogP contribution in [0.1, 0.15) is 88.3 Å². The molecular formula is C45H61N9O6. The van der Waals surface area contributed by atoms with Crippen LogP contribution in [0.5, 0.6) is 0 Å². The summed E-state index contributed by atoms with van der Waals surface area (Å²) in [6.07, 6.45) is 18.4. The minimum Gasteiger partial charge on any atom is -0.471 e. The molecule has 0 bridgehead atoms. The highest BCUT2D eigenvalue weighted by Gasteiger charge is 2.28. The van der Waals surface area contributed by atoms with Crippen molar-refractivity contribution in [2.75, 3.05) is 47.9 Å². The van der Waals surface area contributed by atoms with Crippen LogP contribution >= 0.6 is 0 Å². The maximum atomic E-state index is 11.5. The Labute approximate surface area is 352 Å². The summed E-state index contributed by atoms with van der Waals surface area (Å²) in [7, 11) is 6.54. The van der Waals surface area contributed by atoms with Gasteiger partial charge in [-0.25, -0.2) is 14.8 Å². The van der Waals surface area contributed by atoms with E-state index < -0.39 is 6.09 Å². The number of unbranched alkanes of at least 4 members (excludes halogenated alkanes) is 1.